The number of imide groups is 1. The second kappa shape index (κ2) is 8.78. The maximum Gasteiger partial charge on any atom is 0.289 e. The van der Waals surface area contributed by atoms with Crippen molar-refractivity contribution in [3.63, 3.8) is 0 Å². The van der Waals surface area contributed by atoms with Crippen molar-refractivity contribution in [1.82, 2.24) is 9.47 Å². The van der Waals surface area contributed by atoms with E-state index in [0.717, 1.165) is 30.2 Å². The van der Waals surface area contributed by atoms with E-state index in [1.54, 1.807) is 29.0 Å². The minimum atomic E-state index is -0.238. The van der Waals surface area contributed by atoms with Crippen molar-refractivity contribution in [3.05, 3.63) is 65.3 Å². The monoisotopic (exact) mass is 409 g/mol. The molecule has 1 aliphatic heterocycles. The molecule has 2 aromatic rings. The molecule has 7 heteroatoms. The molecule has 6 nitrogen and oxygen atoms in total. The highest BCUT2D eigenvalue weighted by Gasteiger charge is 2.29. The van der Waals surface area contributed by atoms with Crippen LogP contribution in [0.2, 0.25) is 0 Å². The smallest absolute Gasteiger partial charge is 0.273 e. The molecule has 0 unspecified atom stereocenters. The van der Waals surface area contributed by atoms with Gasteiger partial charge >= 0.3 is 0 Å². The fourth-order valence-electron chi connectivity index (χ4n) is 3.77. The third-order valence-corrected chi connectivity index (χ3v) is 6.16. The number of thioether (sulfide) groups is 1. The van der Waals surface area contributed by atoms with Gasteiger partial charge in [0.1, 0.15) is 5.49 Å². The Morgan fingerprint density at radius 2 is 1.90 bits per heavy atom. The zero-order valence-electron chi connectivity index (χ0n) is 16.1. The summed E-state index contributed by atoms with van der Waals surface area (Å²) in [6, 6.07) is 12.9. The first-order chi connectivity index (χ1) is 14.1. The van der Waals surface area contributed by atoms with Crippen LogP contribution in [0, 0.1) is 0 Å². The highest BCUT2D eigenvalue weighted by molar-refractivity contribution is 8.14. The van der Waals surface area contributed by atoms with Crippen LogP contribution in [0.5, 0.6) is 0 Å². The number of benzene rings is 1. The lowest BCUT2D eigenvalue weighted by Gasteiger charge is -2.18. The van der Waals surface area contributed by atoms with Gasteiger partial charge in [0.25, 0.3) is 11.1 Å². The average molecular weight is 410 g/mol. The summed E-state index contributed by atoms with van der Waals surface area (Å²) in [6.07, 6.45) is 7.49. The fraction of sp³-hybridized carbons (Fsp3) is 0.364. The van der Waals surface area contributed by atoms with Gasteiger partial charge in [-0.2, -0.15) is 0 Å². The number of carbonyl (C=O) groups excluding carboxylic acids is 3. The number of rotatable bonds is 4. The molecule has 2 aliphatic rings. The largest absolute Gasteiger partial charge is 0.289 e. The number of carbonyl (C=O) groups is 3. The molecule has 4 rings (SSSR count). The molecular weight excluding hydrogens is 386 g/mol. The Bertz CT molecular complexity index is 992. The van der Waals surface area contributed by atoms with Gasteiger partial charge in [0.15, 0.2) is 0 Å². The number of pyridine rings is 1. The Morgan fingerprint density at radius 1 is 1.07 bits per heavy atom. The van der Waals surface area contributed by atoms with E-state index >= 15 is 0 Å². The van der Waals surface area contributed by atoms with Crippen LogP contribution in [-0.4, -0.2) is 38.3 Å². The van der Waals surface area contributed by atoms with Gasteiger partial charge in [-0.1, -0.05) is 49.2 Å². The summed E-state index contributed by atoms with van der Waals surface area (Å²) in [4.78, 5) is 43.0. The van der Waals surface area contributed by atoms with E-state index in [2.05, 4.69) is 0 Å². The molecule has 1 saturated carbocycles. The summed E-state index contributed by atoms with van der Waals surface area (Å²) in [7, 11) is 0. The topological polar surface area (TPSA) is 71.7 Å². The second-order valence-electron chi connectivity index (χ2n) is 7.39. The summed E-state index contributed by atoms with van der Waals surface area (Å²) >= 11 is 1.01. The van der Waals surface area contributed by atoms with Crippen LogP contribution >= 0.6 is 11.8 Å². The van der Waals surface area contributed by atoms with E-state index < -0.39 is 0 Å². The van der Waals surface area contributed by atoms with Gasteiger partial charge in [0.05, 0.1) is 18.3 Å². The summed E-state index contributed by atoms with van der Waals surface area (Å²) in [5.41, 5.74) is 1.92. The molecule has 0 bridgehead atoms. The van der Waals surface area contributed by atoms with E-state index in [0.29, 0.717) is 11.1 Å². The Hall–Kier alpha value is -2.67. The van der Waals surface area contributed by atoms with Gasteiger partial charge < -0.3 is 0 Å². The van der Waals surface area contributed by atoms with Crippen molar-refractivity contribution < 1.29 is 14.4 Å². The van der Waals surface area contributed by atoms with Crippen LogP contribution < -0.4 is 5.49 Å². The number of hydrogen-bond acceptors (Lipinski definition) is 5. The van der Waals surface area contributed by atoms with Crippen LogP contribution in [0.25, 0.3) is 0 Å². The van der Waals surface area contributed by atoms with Crippen molar-refractivity contribution in [2.24, 2.45) is 4.99 Å². The number of aromatic nitrogens is 1. The zero-order valence-corrected chi connectivity index (χ0v) is 16.9. The Balaban J connectivity index is 1.60. The zero-order chi connectivity index (χ0) is 20.2. The van der Waals surface area contributed by atoms with E-state index in [1.807, 2.05) is 24.3 Å². The second-order valence-corrected chi connectivity index (χ2v) is 8.32. The Labute approximate surface area is 173 Å². The van der Waals surface area contributed by atoms with Crippen LogP contribution in [0.15, 0.2) is 53.7 Å². The first-order valence-corrected chi connectivity index (χ1v) is 10.9. The molecule has 1 aromatic heterocycles. The lowest BCUT2D eigenvalue weighted by Crippen LogP contribution is -2.30. The third kappa shape index (κ3) is 4.50. The number of hydrogen-bond donors (Lipinski definition) is 0. The van der Waals surface area contributed by atoms with Crippen molar-refractivity contribution in [2.45, 2.75) is 44.7 Å². The molecule has 0 N–H and O–H groups in total. The lowest BCUT2D eigenvalue weighted by atomic mass is 9.96. The van der Waals surface area contributed by atoms with E-state index in [-0.39, 0.29) is 35.4 Å². The highest BCUT2D eigenvalue weighted by Crippen LogP contribution is 2.22. The highest BCUT2D eigenvalue weighted by atomic mass is 32.2. The average Bonchev–Trinajstić information content (AvgIpc) is 3.07. The quantitative estimate of drug-likeness (QED) is 0.773. The molecule has 0 radical (unpaired) electrons. The summed E-state index contributed by atoms with van der Waals surface area (Å²) in [5, 5.41) is -0.238. The maximum atomic E-state index is 13.2. The molecule has 29 heavy (non-hydrogen) atoms. The van der Waals surface area contributed by atoms with Crippen LogP contribution in [0.4, 0.5) is 4.79 Å². The normalized spacial score (nSPS) is 18.5. The summed E-state index contributed by atoms with van der Waals surface area (Å²) < 4.78 is 1.58. The standard InChI is InChI=1S/C22H23N3O3S/c26-20-15-29-22(28)25(20)14-16-7-6-8-17(13-16)21(27)24-12-5-4-11-19(24)23-18-9-2-1-3-10-18/h4-8,11-13,18H,1-3,9-10,14-15H2. The maximum absolute atomic E-state index is 13.2. The fourth-order valence-corrected chi connectivity index (χ4v) is 4.49. The molecule has 0 atom stereocenters. The molecule has 2 amide bonds. The van der Waals surface area contributed by atoms with E-state index in [1.165, 1.54) is 24.2 Å². The minimum absolute atomic E-state index is 0.171. The van der Waals surface area contributed by atoms with Crippen molar-refractivity contribution in [2.75, 3.05) is 5.75 Å². The Kier molecular flexibility index (Phi) is 5.94. The van der Waals surface area contributed by atoms with Gasteiger partial charge in [0, 0.05) is 11.8 Å². The number of nitrogens with zero attached hydrogens (tertiary/aromatic N) is 3. The van der Waals surface area contributed by atoms with Crippen molar-refractivity contribution >= 4 is 28.8 Å². The van der Waals surface area contributed by atoms with Gasteiger partial charge in [-0.15, -0.1) is 0 Å². The predicted molar refractivity (Wildman–Crippen MR) is 111 cm³/mol. The van der Waals surface area contributed by atoms with Gasteiger partial charge in [-0.25, -0.2) is 0 Å². The molecule has 1 aliphatic carbocycles. The molecule has 2 heterocycles. The van der Waals surface area contributed by atoms with Crippen LogP contribution in [0.3, 0.4) is 0 Å². The molecule has 1 saturated heterocycles. The Morgan fingerprint density at radius 3 is 2.66 bits per heavy atom. The van der Waals surface area contributed by atoms with E-state index in [9.17, 15) is 14.4 Å². The van der Waals surface area contributed by atoms with Crippen molar-refractivity contribution in [1.29, 1.82) is 0 Å². The van der Waals surface area contributed by atoms with Crippen LogP contribution in [-0.2, 0) is 11.3 Å². The third-order valence-electron chi connectivity index (χ3n) is 5.30. The van der Waals surface area contributed by atoms with Gasteiger partial charge in [-0.3, -0.25) is 28.8 Å². The predicted octanol–water partition coefficient (Wildman–Crippen LogP) is 3.61. The molecule has 2 fully saturated rings. The first-order valence-electron chi connectivity index (χ1n) is 9.94. The number of amides is 2. The molecular formula is C22H23N3O3S. The molecule has 1 aromatic carbocycles. The van der Waals surface area contributed by atoms with Gasteiger partial charge in [0.2, 0.25) is 5.91 Å². The molecule has 0 spiro atoms. The van der Waals surface area contributed by atoms with Gasteiger partial charge in [-0.05, 0) is 42.7 Å². The molecule has 150 valence electrons. The SMILES string of the molecule is O=C1CSC(=O)N1Cc1cccc(C(=O)n2ccccc2=NC2CCCCC2)c1. The minimum Gasteiger partial charge on any atom is -0.273 e. The van der Waals surface area contributed by atoms with Crippen LogP contribution in [0.1, 0.15) is 48.0 Å². The van der Waals surface area contributed by atoms with Crippen molar-refractivity contribution in [3.8, 4) is 0 Å². The van der Waals surface area contributed by atoms with E-state index in [4.69, 9.17) is 4.99 Å². The lowest BCUT2D eigenvalue weighted by molar-refractivity contribution is -0.125. The summed E-state index contributed by atoms with van der Waals surface area (Å²) in [6.45, 7) is 0.185. The first kappa shape index (κ1) is 19.6. The summed E-state index contributed by atoms with van der Waals surface area (Å²) in [5.74, 6) is -0.179.